The monoisotopic (exact) mass is 373 g/mol. The summed E-state index contributed by atoms with van der Waals surface area (Å²) < 4.78 is 54.6. The zero-order chi connectivity index (χ0) is 18.0. The molecule has 24 heavy (non-hydrogen) atoms. The standard InChI is InChI=1S/C14H19N3O5S2/c1-10-6-7-11(2)12(9-10)24(20,21)15-8-4-5-13-16-17-14(22-13)23(3,18)19/h6-7,9,15H,4-5,8H2,1-3H3. The number of benzene rings is 1. The van der Waals surface area contributed by atoms with E-state index in [0.29, 0.717) is 12.0 Å². The van der Waals surface area contributed by atoms with E-state index in [4.69, 9.17) is 4.42 Å². The highest BCUT2D eigenvalue weighted by Gasteiger charge is 2.18. The summed E-state index contributed by atoms with van der Waals surface area (Å²) in [5.41, 5.74) is 1.53. The van der Waals surface area contributed by atoms with Crippen LogP contribution in [0.2, 0.25) is 0 Å². The Morgan fingerprint density at radius 2 is 1.83 bits per heavy atom. The predicted molar refractivity (Wildman–Crippen MR) is 86.8 cm³/mol. The molecule has 0 aliphatic rings. The lowest BCUT2D eigenvalue weighted by Gasteiger charge is -2.09. The van der Waals surface area contributed by atoms with Crippen LogP contribution in [-0.2, 0) is 26.3 Å². The molecule has 0 fully saturated rings. The Balaban J connectivity index is 1.94. The maximum absolute atomic E-state index is 12.3. The number of sulfonamides is 1. The summed E-state index contributed by atoms with van der Waals surface area (Å²) in [6.07, 6.45) is 1.65. The van der Waals surface area contributed by atoms with Crippen LogP contribution >= 0.6 is 0 Å². The van der Waals surface area contributed by atoms with E-state index < -0.39 is 25.1 Å². The fourth-order valence-corrected chi connectivity index (χ4v) is 3.85. The lowest BCUT2D eigenvalue weighted by atomic mass is 10.2. The van der Waals surface area contributed by atoms with Gasteiger partial charge in [0.1, 0.15) is 0 Å². The summed E-state index contributed by atoms with van der Waals surface area (Å²) in [6.45, 7) is 3.73. The van der Waals surface area contributed by atoms with Crippen LogP contribution < -0.4 is 4.72 Å². The lowest BCUT2D eigenvalue weighted by Crippen LogP contribution is -2.26. The Hall–Kier alpha value is -1.78. The second-order valence-electron chi connectivity index (χ2n) is 5.50. The maximum Gasteiger partial charge on any atom is 0.335 e. The van der Waals surface area contributed by atoms with E-state index in [9.17, 15) is 16.8 Å². The third-order valence-electron chi connectivity index (χ3n) is 3.26. The van der Waals surface area contributed by atoms with Gasteiger partial charge in [0.2, 0.25) is 25.8 Å². The zero-order valence-electron chi connectivity index (χ0n) is 13.6. The van der Waals surface area contributed by atoms with E-state index in [1.165, 1.54) is 0 Å². The molecule has 1 heterocycles. The van der Waals surface area contributed by atoms with E-state index >= 15 is 0 Å². The summed E-state index contributed by atoms with van der Waals surface area (Å²) in [7, 11) is -7.13. The van der Waals surface area contributed by atoms with Crippen LogP contribution in [0.15, 0.2) is 32.7 Å². The third kappa shape index (κ3) is 4.62. The highest BCUT2D eigenvalue weighted by Crippen LogP contribution is 2.16. The van der Waals surface area contributed by atoms with Crippen LogP contribution in [0.4, 0.5) is 0 Å². The molecule has 0 bridgehead atoms. The molecule has 0 spiro atoms. The number of aromatic nitrogens is 2. The van der Waals surface area contributed by atoms with Crippen molar-refractivity contribution in [1.29, 1.82) is 0 Å². The molecule has 1 aromatic carbocycles. The number of nitrogens with one attached hydrogen (secondary N) is 1. The first kappa shape index (κ1) is 18.6. The van der Waals surface area contributed by atoms with Crippen LogP contribution in [0.25, 0.3) is 0 Å². The van der Waals surface area contributed by atoms with Gasteiger partial charge in [-0.2, -0.15) is 0 Å². The molecule has 132 valence electrons. The molecule has 1 aromatic heterocycles. The molecule has 0 amide bonds. The molecule has 0 radical (unpaired) electrons. The Morgan fingerprint density at radius 1 is 1.12 bits per heavy atom. The fourth-order valence-electron chi connectivity index (χ4n) is 2.01. The molecular weight excluding hydrogens is 354 g/mol. The number of hydrogen-bond donors (Lipinski definition) is 1. The van der Waals surface area contributed by atoms with Crippen LogP contribution in [0, 0.1) is 13.8 Å². The average Bonchev–Trinajstić information content (AvgIpc) is 2.95. The first-order valence-corrected chi connectivity index (χ1v) is 10.6. The van der Waals surface area contributed by atoms with Crippen molar-refractivity contribution in [2.24, 2.45) is 0 Å². The van der Waals surface area contributed by atoms with Gasteiger partial charge in [0, 0.05) is 19.2 Å². The van der Waals surface area contributed by atoms with E-state index in [1.807, 2.05) is 13.0 Å². The quantitative estimate of drug-likeness (QED) is 0.719. The normalized spacial score (nSPS) is 12.5. The van der Waals surface area contributed by atoms with E-state index in [-0.39, 0.29) is 23.8 Å². The summed E-state index contributed by atoms with van der Waals surface area (Å²) in [6, 6.07) is 5.23. The SMILES string of the molecule is Cc1ccc(C)c(S(=O)(=O)NCCCc2nnc(S(C)(=O)=O)o2)c1. The summed E-state index contributed by atoms with van der Waals surface area (Å²) >= 11 is 0. The van der Waals surface area contributed by atoms with Gasteiger partial charge in [-0.15, -0.1) is 5.10 Å². The van der Waals surface area contributed by atoms with Crippen LogP contribution in [0.3, 0.4) is 0 Å². The zero-order valence-corrected chi connectivity index (χ0v) is 15.2. The van der Waals surface area contributed by atoms with Gasteiger partial charge in [-0.25, -0.2) is 21.6 Å². The Morgan fingerprint density at radius 3 is 2.46 bits per heavy atom. The molecular formula is C14H19N3O5S2. The minimum atomic E-state index is -3.60. The van der Waals surface area contributed by atoms with Gasteiger partial charge in [-0.1, -0.05) is 17.2 Å². The molecule has 0 saturated heterocycles. The predicted octanol–water partition coefficient (Wildman–Crippen LogP) is 1.00. The lowest BCUT2D eigenvalue weighted by molar-refractivity contribution is 0.394. The van der Waals surface area contributed by atoms with Crippen molar-refractivity contribution in [3.63, 3.8) is 0 Å². The molecule has 10 heteroatoms. The molecule has 2 aromatic rings. The number of sulfone groups is 1. The molecule has 0 atom stereocenters. The first-order valence-electron chi connectivity index (χ1n) is 7.19. The van der Waals surface area contributed by atoms with Gasteiger partial charge in [-0.3, -0.25) is 0 Å². The van der Waals surface area contributed by atoms with E-state index in [2.05, 4.69) is 14.9 Å². The minimum absolute atomic E-state index is 0.154. The molecule has 0 saturated carbocycles. The van der Waals surface area contributed by atoms with Crippen molar-refractivity contribution in [3.8, 4) is 0 Å². The van der Waals surface area contributed by atoms with Gasteiger partial charge < -0.3 is 4.42 Å². The van der Waals surface area contributed by atoms with Crippen molar-refractivity contribution in [1.82, 2.24) is 14.9 Å². The van der Waals surface area contributed by atoms with Crippen LogP contribution in [0.5, 0.6) is 0 Å². The summed E-state index contributed by atoms with van der Waals surface area (Å²) in [5.74, 6) is 0.154. The second-order valence-corrected chi connectivity index (χ2v) is 9.13. The van der Waals surface area contributed by atoms with Gasteiger partial charge >= 0.3 is 5.22 Å². The number of hydrogen-bond acceptors (Lipinski definition) is 7. The van der Waals surface area contributed by atoms with Crippen molar-refractivity contribution >= 4 is 19.9 Å². The highest BCUT2D eigenvalue weighted by molar-refractivity contribution is 7.90. The average molecular weight is 373 g/mol. The van der Waals surface area contributed by atoms with Crippen molar-refractivity contribution < 1.29 is 21.3 Å². The Bertz CT molecular complexity index is 933. The Kier molecular flexibility index (Phi) is 5.41. The topological polar surface area (TPSA) is 119 Å². The summed E-state index contributed by atoms with van der Waals surface area (Å²) in [4.78, 5) is 0.250. The first-order chi connectivity index (χ1) is 11.1. The van der Waals surface area contributed by atoms with Gasteiger partial charge in [0.25, 0.3) is 0 Å². The van der Waals surface area contributed by atoms with E-state index in [1.54, 1.807) is 19.1 Å². The van der Waals surface area contributed by atoms with Crippen LogP contribution in [-0.4, -0.2) is 39.8 Å². The van der Waals surface area contributed by atoms with Crippen molar-refractivity contribution in [2.75, 3.05) is 12.8 Å². The van der Waals surface area contributed by atoms with Gasteiger partial charge in [0.05, 0.1) is 4.90 Å². The number of nitrogens with zero attached hydrogens (tertiary/aromatic N) is 2. The highest BCUT2D eigenvalue weighted by atomic mass is 32.2. The minimum Gasteiger partial charge on any atom is -0.413 e. The van der Waals surface area contributed by atoms with E-state index in [0.717, 1.165) is 11.8 Å². The van der Waals surface area contributed by atoms with Gasteiger partial charge in [-0.05, 0) is 37.5 Å². The largest absolute Gasteiger partial charge is 0.413 e. The van der Waals surface area contributed by atoms with Crippen molar-refractivity contribution in [2.45, 2.75) is 36.8 Å². The number of aryl methyl sites for hydroxylation is 3. The Labute approximate surface area is 141 Å². The van der Waals surface area contributed by atoms with Crippen LogP contribution in [0.1, 0.15) is 23.4 Å². The number of rotatable bonds is 7. The summed E-state index contributed by atoms with van der Waals surface area (Å²) in [5, 5.41) is 6.63. The molecule has 0 aliphatic heterocycles. The molecule has 0 unspecified atom stereocenters. The molecule has 8 nitrogen and oxygen atoms in total. The molecule has 1 N–H and O–H groups in total. The molecule has 2 rings (SSSR count). The molecule has 0 aliphatic carbocycles. The second kappa shape index (κ2) is 6.99. The third-order valence-corrected chi connectivity index (χ3v) is 5.66. The van der Waals surface area contributed by atoms with Crippen molar-refractivity contribution in [3.05, 3.63) is 35.2 Å². The fraction of sp³-hybridized carbons (Fsp3) is 0.429. The van der Waals surface area contributed by atoms with Gasteiger partial charge in [0.15, 0.2) is 0 Å². The smallest absolute Gasteiger partial charge is 0.335 e. The maximum atomic E-state index is 12.3.